The number of carbonyl (C=O) groups excluding carboxylic acids is 1. The number of hydrogen-bond donors (Lipinski definition) is 1. The van der Waals surface area contributed by atoms with Gasteiger partial charge in [0.25, 0.3) is 5.91 Å². The highest BCUT2D eigenvalue weighted by Crippen LogP contribution is 2.51. The Morgan fingerprint density at radius 1 is 1.20 bits per heavy atom. The van der Waals surface area contributed by atoms with Crippen LogP contribution < -0.4 is 5.43 Å². The summed E-state index contributed by atoms with van der Waals surface area (Å²) in [6.07, 6.45) is 3.85. The minimum atomic E-state index is 0. The van der Waals surface area contributed by atoms with E-state index in [1.165, 1.54) is 25.0 Å². The van der Waals surface area contributed by atoms with Crippen molar-refractivity contribution in [3.05, 3.63) is 0 Å². The Hall–Kier alpha value is -0.860. The molecule has 2 aliphatic carbocycles. The predicted octanol–water partition coefficient (Wildman–Crippen LogP) is 3.63. The minimum absolute atomic E-state index is 0. The molecule has 0 spiro atoms. The zero-order valence-electron chi connectivity index (χ0n) is 13.3. The van der Waals surface area contributed by atoms with E-state index in [0.717, 1.165) is 5.92 Å². The highest BCUT2D eigenvalue weighted by Gasteiger charge is 2.62. The van der Waals surface area contributed by atoms with E-state index < -0.39 is 0 Å². The van der Waals surface area contributed by atoms with Crippen LogP contribution in [0.2, 0.25) is 0 Å². The molecule has 0 radical (unpaired) electrons. The summed E-state index contributed by atoms with van der Waals surface area (Å²) in [5.41, 5.74) is 4.55. The van der Waals surface area contributed by atoms with Crippen LogP contribution in [0, 0.1) is 23.2 Å². The molecule has 2 unspecified atom stereocenters. The van der Waals surface area contributed by atoms with Gasteiger partial charge in [0, 0.05) is 18.3 Å². The molecule has 3 nitrogen and oxygen atoms in total. The van der Waals surface area contributed by atoms with Crippen LogP contribution in [0.3, 0.4) is 0 Å². The molecule has 3 aliphatic rings. The third kappa shape index (κ3) is 2.51. The molecular formula is C17H33N2O+. The third-order valence-electron chi connectivity index (χ3n) is 5.15. The summed E-state index contributed by atoms with van der Waals surface area (Å²) in [5.74, 6) is 1.93. The van der Waals surface area contributed by atoms with Crippen LogP contribution in [0.4, 0.5) is 0 Å². The molecule has 1 aliphatic heterocycles. The van der Waals surface area contributed by atoms with Crippen molar-refractivity contribution in [2.75, 3.05) is 0 Å². The SMILES string of the molecule is C.C/C(=[N+]1/NC(=O)C2C1[C@H]1CC[C@H]2C1)C(C)(C)C.CC. The molecule has 0 aromatic rings. The molecule has 4 atom stereocenters. The van der Waals surface area contributed by atoms with Crippen LogP contribution in [0.1, 0.15) is 68.2 Å². The number of nitrogens with zero attached hydrogens (tertiary/aromatic N) is 1. The van der Waals surface area contributed by atoms with E-state index in [0.29, 0.717) is 12.0 Å². The van der Waals surface area contributed by atoms with Gasteiger partial charge in [-0.1, -0.05) is 42.0 Å². The van der Waals surface area contributed by atoms with Crippen molar-refractivity contribution in [3.8, 4) is 0 Å². The van der Waals surface area contributed by atoms with Gasteiger partial charge in [-0.25, -0.2) is 0 Å². The molecule has 116 valence electrons. The summed E-state index contributed by atoms with van der Waals surface area (Å²) < 4.78 is 2.21. The van der Waals surface area contributed by atoms with Crippen LogP contribution in [0.5, 0.6) is 0 Å². The van der Waals surface area contributed by atoms with Gasteiger partial charge in [0.2, 0.25) is 0 Å². The highest BCUT2D eigenvalue weighted by molar-refractivity contribution is 5.86. The van der Waals surface area contributed by atoms with E-state index in [4.69, 9.17) is 0 Å². The zero-order chi connectivity index (χ0) is 14.4. The number of hydrazone groups is 1. The summed E-state index contributed by atoms with van der Waals surface area (Å²) >= 11 is 0. The van der Waals surface area contributed by atoms with Crippen LogP contribution in [0.25, 0.3) is 0 Å². The molecule has 1 saturated heterocycles. The van der Waals surface area contributed by atoms with E-state index in [9.17, 15) is 4.79 Å². The quantitative estimate of drug-likeness (QED) is 0.676. The monoisotopic (exact) mass is 281 g/mol. The van der Waals surface area contributed by atoms with Crippen LogP contribution in [-0.2, 0) is 4.79 Å². The van der Waals surface area contributed by atoms with Crippen molar-refractivity contribution in [1.82, 2.24) is 5.43 Å². The van der Waals surface area contributed by atoms with Gasteiger partial charge < -0.3 is 0 Å². The standard InChI is InChI=1S/C14H22N2O.C2H6.CH4/c1-8(14(2,3)4)16-12-10-6-5-9(7-10)11(12)13(17)15-16;1-2;/h9-12H,5-7H2,1-4H3;1-2H3;1H4/p+1/b16-8-;;/t9-,10-,11?,12?;;/m0../s1. The second-order valence-corrected chi connectivity index (χ2v) is 7.03. The first kappa shape index (κ1) is 17.2. The molecule has 3 rings (SSSR count). The zero-order valence-corrected chi connectivity index (χ0v) is 13.3. The topological polar surface area (TPSA) is 32.1 Å². The van der Waals surface area contributed by atoms with Gasteiger partial charge in [-0.15, -0.1) is 10.1 Å². The summed E-state index contributed by atoms with van der Waals surface area (Å²) in [5, 5.41) is 0. The summed E-state index contributed by atoms with van der Waals surface area (Å²) in [6, 6.07) is 0.445. The van der Waals surface area contributed by atoms with Gasteiger partial charge in [-0.2, -0.15) is 0 Å². The molecule has 1 N–H and O–H groups in total. The first-order valence-electron chi connectivity index (χ1n) is 7.83. The highest BCUT2D eigenvalue weighted by atomic mass is 16.2. The molecule has 0 aromatic heterocycles. The van der Waals surface area contributed by atoms with Gasteiger partial charge in [-0.05, 0) is 25.2 Å². The van der Waals surface area contributed by atoms with E-state index in [2.05, 4.69) is 37.8 Å². The van der Waals surface area contributed by atoms with Crippen LogP contribution in [-0.4, -0.2) is 22.3 Å². The Morgan fingerprint density at radius 3 is 2.30 bits per heavy atom. The second kappa shape index (κ2) is 5.87. The number of rotatable bonds is 0. The molecule has 0 aromatic carbocycles. The molecular weight excluding hydrogens is 248 g/mol. The average molecular weight is 281 g/mol. The average Bonchev–Trinajstić information content (AvgIpc) is 3.02. The van der Waals surface area contributed by atoms with Crippen molar-refractivity contribution < 1.29 is 9.48 Å². The van der Waals surface area contributed by atoms with Gasteiger partial charge in [0.1, 0.15) is 5.92 Å². The Bertz CT molecular complexity index is 406. The number of hydrogen-bond acceptors (Lipinski definition) is 1. The largest absolute Gasteiger partial charge is 0.284 e. The van der Waals surface area contributed by atoms with Gasteiger partial charge in [0.15, 0.2) is 11.8 Å². The number of hydrazine groups is 1. The first-order chi connectivity index (χ1) is 8.89. The Kier molecular flexibility index (Phi) is 5.04. The summed E-state index contributed by atoms with van der Waals surface area (Å²) in [6.45, 7) is 12.8. The molecule has 2 saturated carbocycles. The molecule has 1 amide bonds. The van der Waals surface area contributed by atoms with E-state index in [-0.39, 0.29) is 24.7 Å². The Balaban J connectivity index is 0.000000639. The third-order valence-corrected chi connectivity index (χ3v) is 5.15. The minimum Gasteiger partial charge on any atom is -0.269 e. The normalized spacial score (nSPS) is 36.6. The Labute approximate surface area is 124 Å². The first-order valence-corrected chi connectivity index (χ1v) is 7.83. The van der Waals surface area contributed by atoms with E-state index in [1.54, 1.807) is 0 Å². The van der Waals surface area contributed by atoms with E-state index >= 15 is 0 Å². The lowest BCUT2D eigenvalue weighted by atomic mass is 9.84. The van der Waals surface area contributed by atoms with Crippen molar-refractivity contribution >= 4 is 11.6 Å². The number of nitrogens with one attached hydrogen (secondary N) is 1. The molecule has 20 heavy (non-hydrogen) atoms. The lowest BCUT2D eigenvalue weighted by Crippen LogP contribution is -2.41. The molecule has 3 fully saturated rings. The number of carbonyl (C=O) groups is 1. The maximum absolute atomic E-state index is 12.1. The fraction of sp³-hybridized carbons (Fsp3) is 0.882. The lowest BCUT2D eigenvalue weighted by Gasteiger charge is -2.21. The van der Waals surface area contributed by atoms with Gasteiger partial charge in [-0.3, -0.25) is 4.79 Å². The van der Waals surface area contributed by atoms with Gasteiger partial charge >= 0.3 is 0 Å². The number of amides is 1. The molecule has 3 heteroatoms. The van der Waals surface area contributed by atoms with Crippen molar-refractivity contribution in [2.24, 2.45) is 23.2 Å². The van der Waals surface area contributed by atoms with Gasteiger partial charge in [0.05, 0.1) is 0 Å². The fourth-order valence-electron chi connectivity index (χ4n) is 3.94. The van der Waals surface area contributed by atoms with Crippen molar-refractivity contribution in [2.45, 2.75) is 74.3 Å². The van der Waals surface area contributed by atoms with Crippen LogP contribution in [0.15, 0.2) is 0 Å². The maximum atomic E-state index is 12.1. The summed E-state index contributed by atoms with van der Waals surface area (Å²) in [7, 11) is 0. The van der Waals surface area contributed by atoms with Crippen LogP contribution >= 0.6 is 0 Å². The molecule has 2 bridgehead atoms. The van der Waals surface area contributed by atoms with Crippen molar-refractivity contribution in [3.63, 3.8) is 0 Å². The predicted molar refractivity (Wildman–Crippen MR) is 84.7 cm³/mol. The van der Waals surface area contributed by atoms with Crippen molar-refractivity contribution in [1.29, 1.82) is 0 Å². The van der Waals surface area contributed by atoms with E-state index in [1.807, 2.05) is 13.8 Å². The summed E-state index contributed by atoms with van der Waals surface area (Å²) in [4.78, 5) is 12.1. The number of fused-ring (bicyclic) bond motifs is 5. The molecule has 1 heterocycles. The lowest BCUT2D eigenvalue weighted by molar-refractivity contribution is -0.606. The Morgan fingerprint density at radius 2 is 1.75 bits per heavy atom. The maximum Gasteiger partial charge on any atom is 0.284 e. The fourth-order valence-corrected chi connectivity index (χ4v) is 3.94. The smallest absolute Gasteiger partial charge is 0.269 e. The second-order valence-electron chi connectivity index (χ2n) is 7.03.